The zero-order chi connectivity index (χ0) is 12.3. The molecule has 1 aromatic rings. The average Bonchev–Trinajstić information content (AvgIpc) is 2.21. The van der Waals surface area contributed by atoms with E-state index in [0.717, 1.165) is 0 Å². The van der Waals surface area contributed by atoms with Gasteiger partial charge in [0.2, 0.25) is 0 Å². The van der Waals surface area contributed by atoms with Crippen LogP contribution in [0.4, 0.5) is 8.78 Å². The van der Waals surface area contributed by atoms with Crippen LogP contribution in [-0.2, 0) is 7.05 Å². The van der Waals surface area contributed by atoms with Crippen molar-refractivity contribution in [2.45, 2.75) is 6.43 Å². The Bertz CT molecular complexity index is 433. The maximum Gasteiger partial charge on any atom is 0.264 e. The van der Waals surface area contributed by atoms with E-state index >= 15 is 0 Å². The van der Waals surface area contributed by atoms with Crippen molar-refractivity contribution in [2.24, 2.45) is 7.05 Å². The lowest BCUT2D eigenvalue weighted by molar-refractivity contribution is 0.0891. The summed E-state index contributed by atoms with van der Waals surface area (Å²) in [4.78, 5) is 22.7. The van der Waals surface area contributed by atoms with E-state index < -0.39 is 18.9 Å². The molecule has 1 rings (SSSR count). The van der Waals surface area contributed by atoms with Gasteiger partial charge in [-0.3, -0.25) is 9.59 Å². The summed E-state index contributed by atoms with van der Waals surface area (Å²) in [5, 5.41) is 2.05. The highest BCUT2D eigenvalue weighted by Gasteiger charge is 2.11. The molecule has 0 fully saturated rings. The van der Waals surface area contributed by atoms with Crippen molar-refractivity contribution in [3.05, 3.63) is 32.7 Å². The maximum absolute atomic E-state index is 11.9. The van der Waals surface area contributed by atoms with Gasteiger partial charge in [0.1, 0.15) is 0 Å². The number of aryl methyl sites for hydroxylation is 1. The lowest BCUT2D eigenvalue weighted by Gasteiger charge is -2.06. The Hall–Kier alpha value is -1.24. The molecule has 0 saturated heterocycles. The molecule has 1 heterocycles. The van der Waals surface area contributed by atoms with Gasteiger partial charge in [-0.05, 0) is 22.0 Å². The van der Waals surface area contributed by atoms with Crippen LogP contribution >= 0.6 is 15.9 Å². The van der Waals surface area contributed by atoms with E-state index in [0.29, 0.717) is 0 Å². The molecule has 88 valence electrons. The van der Waals surface area contributed by atoms with E-state index in [1.54, 1.807) is 0 Å². The largest absolute Gasteiger partial charge is 0.346 e. The van der Waals surface area contributed by atoms with Crippen LogP contribution in [0.5, 0.6) is 0 Å². The van der Waals surface area contributed by atoms with Crippen LogP contribution in [0.1, 0.15) is 10.4 Å². The summed E-state index contributed by atoms with van der Waals surface area (Å²) in [5.74, 6) is -0.642. The van der Waals surface area contributed by atoms with Gasteiger partial charge in [-0.1, -0.05) is 0 Å². The summed E-state index contributed by atoms with van der Waals surface area (Å²) in [6.07, 6.45) is -1.31. The van der Waals surface area contributed by atoms with Crippen LogP contribution < -0.4 is 10.9 Å². The molecule has 7 heteroatoms. The number of pyridine rings is 1. The van der Waals surface area contributed by atoms with Gasteiger partial charge in [0.25, 0.3) is 17.9 Å². The second-order valence-corrected chi connectivity index (χ2v) is 3.95. The molecule has 1 N–H and O–H groups in total. The molecule has 0 aliphatic heterocycles. The minimum atomic E-state index is -2.60. The number of nitrogens with zero attached hydrogens (tertiary/aromatic N) is 1. The molecule has 0 aliphatic carbocycles. The van der Waals surface area contributed by atoms with Crippen molar-refractivity contribution in [2.75, 3.05) is 6.54 Å². The summed E-state index contributed by atoms with van der Waals surface area (Å²) >= 11 is 2.98. The number of halogens is 3. The SMILES string of the molecule is Cn1cc(C(=O)NCC(F)F)cc(Br)c1=O. The van der Waals surface area contributed by atoms with Crippen molar-refractivity contribution >= 4 is 21.8 Å². The number of aromatic nitrogens is 1. The van der Waals surface area contributed by atoms with Crippen LogP contribution in [0.3, 0.4) is 0 Å². The minimum absolute atomic E-state index is 0.148. The molecular weight excluding hydrogens is 286 g/mol. The summed E-state index contributed by atoms with van der Waals surface area (Å²) < 4.78 is 25.1. The molecule has 1 amide bonds. The van der Waals surface area contributed by atoms with Crippen LogP contribution in [-0.4, -0.2) is 23.4 Å². The molecular formula is C9H9BrF2N2O2. The molecule has 4 nitrogen and oxygen atoms in total. The predicted octanol–water partition coefficient (Wildman–Crippen LogP) is 1.14. The first-order valence-electron chi connectivity index (χ1n) is 4.34. The Kier molecular flexibility index (Phi) is 4.17. The maximum atomic E-state index is 11.9. The zero-order valence-electron chi connectivity index (χ0n) is 8.34. The van der Waals surface area contributed by atoms with Crippen molar-refractivity contribution < 1.29 is 13.6 Å². The Morgan fingerprint density at radius 3 is 2.75 bits per heavy atom. The number of carbonyl (C=O) groups is 1. The normalized spacial score (nSPS) is 10.6. The van der Waals surface area contributed by atoms with Gasteiger partial charge in [0, 0.05) is 13.2 Å². The van der Waals surface area contributed by atoms with Crippen molar-refractivity contribution in [1.29, 1.82) is 0 Å². The number of carbonyl (C=O) groups excluding carboxylic acids is 1. The van der Waals surface area contributed by atoms with Crippen LogP contribution in [0.2, 0.25) is 0 Å². The first kappa shape index (κ1) is 12.8. The summed E-state index contributed by atoms with van der Waals surface area (Å²) in [5.41, 5.74) is -0.153. The number of hydrogen-bond donors (Lipinski definition) is 1. The van der Waals surface area contributed by atoms with E-state index in [4.69, 9.17) is 0 Å². The highest BCUT2D eigenvalue weighted by molar-refractivity contribution is 9.10. The summed E-state index contributed by atoms with van der Waals surface area (Å²) in [6.45, 7) is -0.709. The first-order chi connectivity index (χ1) is 7.41. The molecule has 0 aromatic carbocycles. The van der Waals surface area contributed by atoms with Crippen molar-refractivity contribution in [3.8, 4) is 0 Å². The second kappa shape index (κ2) is 5.20. The minimum Gasteiger partial charge on any atom is -0.346 e. The fourth-order valence-electron chi connectivity index (χ4n) is 1.07. The van der Waals surface area contributed by atoms with Crippen LogP contribution in [0.25, 0.3) is 0 Å². The molecule has 0 saturated carbocycles. The molecule has 16 heavy (non-hydrogen) atoms. The van der Waals surface area contributed by atoms with E-state index in [2.05, 4.69) is 15.9 Å². The van der Waals surface area contributed by atoms with E-state index in [1.807, 2.05) is 5.32 Å². The Labute approximate surface area is 98.4 Å². The van der Waals surface area contributed by atoms with Gasteiger partial charge in [0.05, 0.1) is 16.6 Å². The number of alkyl halides is 2. The monoisotopic (exact) mass is 294 g/mol. The molecule has 0 unspecified atom stereocenters. The average molecular weight is 295 g/mol. The third kappa shape index (κ3) is 3.13. The van der Waals surface area contributed by atoms with Crippen LogP contribution in [0.15, 0.2) is 21.5 Å². The lowest BCUT2D eigenvalue weighted by Crippen LogP contribution is -2.30. The van der Waals surface area contributed by atoms with Crippen molar-refractivity contribution in [1.82, 2.24) is 9.88 Å². The molecule has 1 aromatic heterocycles. The predicted molar refractivity (Wildman–Crippen MR) is 57.7 cm³/mol. The second-order valence-electron chi connectivity index (χ2n) is 3.09. The van der Waals surface area contributed by atoms with E-state index in [9.17, 15) is 18.4 Å². The fourth-order valence-corrected chi connectivity index (χ4v) is 1.59. The molecule has 0 atom stereocenters. The third-order valence-corrected chi connectivity index (χ3v) is 2.39. The Morgan fingerprint density at radius 2 is 2.25 bits per heavy atom. The number of hydrogen-bond acceptors (Lipinski definition) is 2. The Morgan fingerprint density at radius 1 is 1.62 bits per heavy atom. The van der Waals surface area contributed by atoms with Gasteiger partial charge >= 0.3 is 0 Å². The lowest BCUT2D eigenvalue weighted by atomic mass is 10.2. The summed E-state index contributed by atoms with van der Waals surface area (Å²) in [7, 11) is 1.47. The van der Waals surface area contributed by atoms with E-state index in [-0.39, 0.29) is 15.6 Å². The highest BCUT2D eigenvalue weighted by atomic mass is 79.9. The number of nitrogens with one attached hydrogen (secondary N) is 1. The number of amides is 1. The Balaban J connectivity index is 2.89. The molecule has 0 spiro atoms. The molecule has 0 radical (unpaired) electrons. The quantitative estimate of drug-likeness (QED) is 0.909. The van der Waals surface area contributed by atoms with Crippen LogP contribution in [0, 0.1) is 0 Å². The summed E-state index contributed by atoms with van der Waals surface area (Å²) in [6, 6.07) is 1.29. The van der Waals surface area contributed by atoms with Gasteiger partial charge in [0.15, 0.2) is 0 Å². The highest BCUT2D eigenvalue weighted by Crippen LogP contribution is 2.06. The van der Waals surface area contributed by atoms with Gasteiger partial charge in [-0.15, -0.1) is 0 Å². The van der Waals surface area contributed by atoms with E-state index in [1.165, 1.54) is 23.9 Å². The zero-order valence-corrected chi connectivity index (χ0v) is 9.92. The fraction of sp³-hybridized carbons (Fsp3) is 0.333. The molecule has 0 bridgehead atoms. The number of rotatable bonds is 3. The van der Waals surface area contributed by atoms with Gasteiger partial charge < -0.3 is 9.88 Å². The standard InChI is InChI=1S/C9H9BrF2N2O2/c1-14-4-5(2-6(10)9(14)16)8(15)13-3-7(11)12/h2,4,7H,3H2,1H3,(H,13,15). The van der Waals surface area contributed by atoms with Crippen molar-refractivity contribution in [3.63, 3.8) is 0 Å². The smallest absolute Gasteiger partial charge is 0.264 e. The first-order valence-corrected chi connectivity index (χ1v) is 5.13. The third-order valence-electron chi connectivity index (χ3n) is 1.82. The van der Waals surface area contributed by atoms with Gasteiger partial charge in [-0.25, -0.2) is 8.78 Å². The topological polar surface area (TPSA) is 51.1 Å². The molecule has 0 aliphatic rings. The van der Waals surface area contributed by atoms with Gasteiger partial charge in [-0.2, -0.15) is 0 Å².